The molecule has 0 aliphatic carbocycles. The molecular formula is C26H22N2O5S2. The van der Waals surface area contributed by atoms with E-state index < -0.39 is 23.7 Å². The molecule has 0 radical (unpaired) electrons. The molecular weight excluding hydrogens is 484 g/mol. The molecule has 35 heavy (non-hydrogen) atoms. The van der Waals surface area contributed by atoms with Gasteiger partial charge in [-0.05, 0) is 24.1 Å². The Bertz CT molecular complexity index is 1320. The first-order valence-corrected chi connectivity index (χ1v) is 12.8. The van der Waals surface area contributed by atoms with Gasteiger partial charge >= 0.3 is 11.6 Å². The molecule has 1 fully saturated rings. The van der Waals surface area contributed by atoms with Crippen molar-refractivity contribution in [1.29, 1.82) is 0 Å². The quantitative estimate of drug-likeness (QED) is 0.398. The van der Waals surface area contributed by atoms with Crippen LogP contribution in [0.1, 0.15) is 23.0 Å². The fourth-order valence-corrected chi connectivity index (χ4v) is 6.60. The highest BCUT2D eigenvalue weighted by atomic mass is 32.2. The molecule has 2 aromatic carbocycles. The molecule has 5 rings (SSSR count). The zero-order valence-corrected chi connectivity index (χ0v) is 20.4. The number of thioether (sulfide) groups is 2. The second-order valence-corrected chi connectivity index (χ2v) is 10.4. The molecule has 3 heterocycles. The number of β-lactam (4-membered cyclic amide) rings is 1. The number of amides is 1. The van der Waals surface area contributed by atoms with Gasteiger partial charge in [0.25, 0.3) is 0 Å². The Balaban J connectivity index is 1.53. The minimum atomic E-state index is -0.667. The second-order valence-electron chi connectivity index (χ2n) is 8.14. The molecule has 178 valence electrons. The maximum atomic E-state index is 13.7. The standard InChI is InChI=1S/C26H22N2O5S2/c1-15-12-18(13-20(29)32-15)35-19-14-34-25-21(27)24(30)28(25)22(19)26(31)33-23(16-8-4-2-5-9-16)17-10-6-3-7-11-17/h2-13,21,23,25H,14,27H2,1H3/t21-,25+/m1/s1. The smallest absolute Gasteiger partial charge is 0.356 e. The summed E-state index contributed by atoms with van der Waals surface area (Å²) in [6.45, 7) is 1.68. The SMILES string of the molecule is Cc1cc(SC2=C(C(=O)OC(c3ccccc3)c3ccccc3)N3C(=O)[C@@H](N)[C@@H]3SC2)cc(=O)o1. The number of rotatable bonds is 6. The molecule has 2 N–H and O–H groups in total. The van der Waals surface area contributed by atoms with E-state index in [2.05, 4.69) is 0 Å². The van der Waals surface area contributed by atoms with Gasteiger partial charge in [-0.15, -0.1) is 11.8 Å². The lowest BCUT2D eigenvalue weighted by Crippen LogP contribution is -2.68. The van der Waals surface area contributed by atoms with Gasteiger partial charge in [0.15, 0.2) is 6.10 Å². The topological polar surface area (TPSA) is 103 Å². The minimum absolute atomic E-state index is 0.174. The number of aryl methyl sites for hydroxylation is 1. The van der Waals surface area contributed by atoms with Crippen molar-refractivity contribution in [1.82, 2.24) is 4.90 Å². The van der Waals surface area contributed by atoms with Crippen molar-refractivity contribution >= 4 is 35.4 Å². The summed E-state index contributed by atoms with van der Waals surface area (Å²) in [4.78, 5) is 41.0. The average Bonchev–Trinajstić information content (AvgIpc) is 2.86. The van der Waals surface area contributed by atoms with E-state index in [1.54, 1.807) is 13.0 Å². The zero-order valence-electron chi connectivity index (χ0n) is 18.7. The van der Waals surface area contributed by atoms with Gasteiger partial charge in [0.2, 0.25) is 5.91 Å². The number of hydrogen-bond acceptors (Lipinski definition) is 8. The van der Waals surface area contributed by atoms with Gasteiger partial charge in [-0.2, -0.15) is 0 Å². The van der Waals surface area contributed by atoms with Crippen LogP contribution in [-0.2, 0) is 14.3 Å². The van der Waals surface area contributed by atoms with Crippen LogP contribution in [0.4, 0.5) is 0 Å². The number of hydrogen-bond donors (Lipinski definition) is 1. The maximum absolute atomic E-state index is 13.7. The molecule has 9 heteroatoms. The monoisotopic (exact) mass is 506 g/mol. The van der Waals surface area contributed by atoms with Crippen LogP contribution >= 0.6 is 23.5 Å². The molecule has 3 aromatic rings. The van der Waals surface area contributed by atoms with E-state index in [9.17, 15) is 14.4 Å². The van der Waals surface area contributed by atoms with Crippen molar-refractivity contribution in [3.63, 3.8) is 0 Å². The van der Waals surface area contributed by atoms with Gasteiger partial charge in [-0.3, -0.25) is 9.69 Å². The average molecular weight is 507 g/mol. The number of nitrogens with two attached hydrogens (primary N) is 1. The predicted octanol–water partition coefficient (Wildman–Crippen LogP) is 3.83. The molecule has 0 spiro atoms. The molecule has 2 aliphatic rings. The number of esters is 1. The summed E-state index contributed by atoms with van der Waals surface area (Å²) in [5.74, 6) is -0.0264. The van der Waals surface area contributed by atoms with E-state index in [1.165, 1.54) is 34.5 Å². The molecule has 1 aromatic heterocycles. The summed E-state index contributed by atoms with van der Waals surface area (Å²) < 4.78 is 11.1. The lowest BCUT2D eigenvalue weighted by atomic mass is 10.0. The largest absolute Gasteiger partial charge is 0.448 e. The van der Waals surface area contributed by atoms with Crippen molar-refractivity contribution in [3.8, 4) is 0 Å². The number of nitrogens with zero attached hydrogens (tertiary/aromatic N) is 1. The van der Waals surface area contributed by atoms with Crippen LogP contribution in [-0.4, -0.2) is 33.9 Å². The number of fused-ring (bicyclic) bond motifs is 1. The van der Waals surface area contributed by atoms with Gasteiger partial charge in [0.1, 0.15) is 22.9 Å². The van der Waals surface area contributed by atoms with Crippen LogP contribution in [0.25, 0.3) is 0 Å². The highest BCUT2D eigenvalue weighted by Crippen LogP contribution is 2.45. The summed E-state index contributed by atoms with van der Waals surface area (Å²) >= 11 is 2.74. The first-order valence-electron chi connectivity index (χ1n) is 11.0. The van der Waals surface area contributed by atoms with Crippen LogP contribution < -0.4 is 11.4 Å². The molecule has 2 aliphatic heterocycles. The summed E-state index contributed by atoms with van der Waals surface area (Å²) in [7, 11) is 0. The molecule has 0 bridgehead atoms. The predicted molar refractivity (Wildman–Crippen MR) is 134 cm³/mol. The van der Waals surface area contributed by atoms with Gasteiger partial charge in [0.05, 0.1) is 0 Å². The highest BCUT2D eigenvalue weighted by Gasteiger charge is 2.52. The normalized spacial score (nSPS) is 19.4. The molecule has 7 nitrogen and oxygen atoms in total. The number of benzene rings is 2. The Morgan fingerprint density at radius 2 is 1.71 bits per heavy atom. The molecule has 1 amide bonds. The second kappa shape index (κ2) is 9.77. The van der Waals surface area contributed by atoms with E-state index >= 15 is 0 Å². The van der Waals surface area contributed by atoms with Crippen molar-refractivity contribution < 1.29 is 18.7 Å². The van der Waals surface area contributed by atoms with E-state index in [4.69, 9.17) is 14.9 Å². The van der Waals surface area contributed by atoms with E-state index in [0.717, 1.165) is 11.1 Å². The highest BCUT2D eigenvalue weighted by molar-refractivity contribution is 8.06. The Morgan fingerprint density at radius 3 is 2.31 bits per heavy atom. The first kappa shape index (κ1) is 23.5. The fourth-order valence-electron chi connectivity index (χ4n) is 4.08. The molecule has 2 atom stereocenters. The van der Waals surface area contributed by atoms with Gasteiger partial charge in [0, 0.05) is 21.6 Å². The van der Waals surface area contributed by atoms with Crippen LogP contribution in [0.3, 0.4) is 0 Å². The zero-order chi connectivity index (χ0) is 24.5. The minimum Gasteiger partial charge on any atom is -0.448 e. The first-order chi connectivity index (χ1) is 16.9. The Labute approximate surface area is 210 Å². The molecule has 1 saturated heterocycles. The summed E-state index contributed by atoms with van der Waals surface area (Å²) in [5.41, 5.74) is 7.33. The van der Waals surface area contributed by atoms with Gasteiger partial charge < -0.3 is 14.9 Å². The molecule has 0 saturated carbocycles. The summed E-state index contributed by atoms with van der Waals surface area (Å²) in [6, 6.07) is 21.3. The fraction of sp³-hybridized carbons (Fsp3) is 0.192. The molecule has 0 unspecified atom stereocenters. The van der Waals surface area contributed by atoms with Gasteiger partial charge in [-0.1, -0.05) is 72.4 Å². The number of carbonyl (C=O) groups is 2. The lowest BCUT2D eigenvalue weighted by molar-refractivity contribution is -0.152. The van der Waals surface area contributed by atoms with E-state index in [1.807, 2.05) is 60.7 Å². The van der Waals surface area contributed by atoms with Crippen LogP contribution in [0.5, 0.6) is 0 Å². The Morgan fingerprint density at radius 1 is 1.09 bits per heavy atom. The van der Waals surface area contributed by atoms with Crippen molar-refractivity contribution in [2.45, 2.75) is 29.3 Å². The Hall–Kier alpha value is -3.27. The third-order valence-corrected chi connectivity index (χ3v) is 8.24. The van der Waals surface area contributed by atoms with Crippen molar-refractivity contribution in [2.24, 2.45) is 5.73 Å². The summed E-state index contributed by atoms with van der Waals surface area (Å²) in [6.07, 6.45) is -0.659. The Kier molecular flexibility index (Phi) is 6.55. The van der Waals surface area contributed by atoms with Gasteiger partial charge in [-0.25, -0.2) is 9.59 Å². The van der Waals surface area contributed by atoms with E-state index in [0.29, 0.717) is 21.3 Å². The third-order valence-electron chi connectivity index (χ3n) is 5.71. The van der Waals surface area contributed by atoms with Crippen LogP contribution in [0, 0.1) is 6.92 Å². The van der Waals surface area contributed by atoms with Crippen molar-refractivity contribution in [2.75, 3.05) is 5.75 Å². The number of carbonyl (C=O) groups excluding carboxylic acids is 2. The van der Waals surface area contributed by atoms with Crippen molar-refractivity contribution in [3.05, 3.63) is 111 Å². The van der Waals surface area contributed by atoms with Crippen LogP contribution in [0.15, 0.2) is 97.5 Å². The number of ether oxygens (including phenoxy) is 1. The summed E-state index contributed by atoms with van der Waals surface area (Å²) in [5, 5.41) is -0.330. The van der Waals surface area contributed by atoms with E-state index in [-0.39, 0.29) is 17.0 Å². The third kappa shape index (κ3) is 4.67. The maximum Gasteiger partial charge on any atom is 0.356 e. The lowest BCUT2D eigenvalue weighted by Gasteiger charge is -2.48. The van der Waals surface area contributed by atoms with Crippen LogP contribution in [0.2, 0.25) is 0 Å².